The van der Waals surface area contributed by atoms with Gasteiger partial charge in [-0.25, -0.2) is 4.79 Å². The third kappa shape index (κ3) is 5.82. The molecule has 0 unspecified atom stereocenters. The standard InChI is InChI=1S/C12H23N7O2S/c1-4-15-19-16-9(18(5-2)6-3)7-10(17-19)22-11(20)8-14-12(13)21/h7,15,17H,4-6,8H2,1-3H3,(H3,13,14,21). The van der Waals surface area contributed by atoms with Crippen LogP contribution in [-0.4, -0.2) is 53.3 Å². The van der Waals surface area contributed by atoms with Crippen LogP contribution in [0, 0.1) is 0 Å². The van der Waals surface area contributed by atoms with Crippen LogP contribution in [0.4, 0.5) is 4.79 Å². The third-order valence-electron chi connectivity index (χ3n) is 2.70. The molecule has 124 valence electrons. The maximum Gasteiger partial charge on any atom is 0.312 e. The van der Waals surface area contributed by atoms with E-state index in [-0.39, 0.29) is 11.7 Å². The molecule has 5 N–H and O–H groups in total. The number of carbonyl (C=O) groups excluding carboxylic acids is 2. The largest absolute Gasteiger partial charge is 0.356 e. The molecular formula is C12H23N7O2S. The molecule has 0 fully saturated rings. The summed E-state index contributed by atoms with van der Waals surface area (Å²) in [5.74, 6) is 0.753. The summed E-state index contributed by atoms with van der Waals surface area (Å²) < 4.78 is 0. The summed E-state index contributed by atoms with van der Waals surface area (Å²) in [6.07, 6.45) is 1.80. The molecule has 0 bridgehead atoms. The minimum absolute atomic E-state index is 0.127. The normalized spacial score (nSPS) is 13.9. The first-order chi connectivity index (χ1) is 10.5. The van der Waals surface area contributed by atoms with Crippen LogP contribution in [0.15, 0.2) is 16.2 Å². The molecule has 9 nitrogen and oxygen atoms in total. The van der Waals surface area contributed by atoms with Crippen LogP contribution in [0.1, 0.15) is 20.8 Å². The summed E-state index contributed by atoms with van der Waals surface area (Å²) >= 11 is 0.986. The second kappa shape index (κ2) is 9.15. The van der Waals surface area contributed by atoms with Crippen LogP contribution in [0.25, 0.3) is 0 Å². The number of likely N-dealkylation sites (N-methyl/N-ethyl adjacent to an activating group) is 1. The maximum absolute atomic E-state index is 11.8. The van der Waals surface area contributed by atoms with Gasteiger partial charge in [0.05, 0.1) is 6.54 Å². The first-order valence-electron chi connectivity index (χ1n) is 7.09. The Kier molecular flexibility index (Phi) is 7.54. The predicted octanol–water partition coefficient (Wildman–Crippen LogP) is -0.244. The Bertz CT molecular complexity index is 462. The zero-order valence-corrected chi connectivity index (χ0v) is 13.9. The van der Waals surface area contributed by atoms with Crippen LogP contribution in [0.5, 0.6) is 0 Å². The van der Waals surface area contributed by atoms with Gasteiger partial charge in [-0.1, -0.05) is 6.92 Å². The number of nitrogens with zero attached hydrogens (tertiary/aromatic N) is 3. The number of nitrogens with two attached hydrogens (primary N) is 1. The predicted molar refractivity (Wildman–Crippen MR) is 87.3 cm³/mol. The van der Waals surface area contributed by atoms with Gasteiger partial charge in [0.25, 0.3) is 0 Å². The van der Waals surface area contributed by atoms with Gasteiger partial charge in [0.1, 0.15) is 5.03 Å². The fourth-order valence-corrected chi connectivity index (χ4v) is 2.39. The zero-order valence-electron chi connectivity index (χ0n) is 13.0. The topological polar surface area (TPSA) is 115 Å². The molecule has 0 spiro atoms. The SMILES string of the molecule is CCNN1N=C(N(CC)CC)C=C(SC(=O)CNC(N)=O)N1. The average molecular weight is 329 g/mol. The van der Waals surface area contributed by atoms with Crippen molar-refractivity contribution in [3.63, 3.8) is 0 Å². The molecule has 10 heteroatoms. The van der Waals surface area contributed by atoms with Crippen molar-refractivity contribution >= 4 is 28.7 Å². The van der Waals surface area contributed by atoms with Crippen molar-refractivity contribution in [3.05, 3.63) is 11.1 Å². The zero-order chi connectivity index (χ0) is 16.5. The Morgan fingerprint density at radius 3 is 2.64 bits per heavy atom. The minimum atomic E-state index is -0.723. The molecule has 0 atom stereocenters. The maximum atomic E-state index is 11.8. The van der Waals surface area contributed by atoms with Gasteiger partial charge in [0, 0.05) is 25.7 Å². The second-order valence-electron chi connectivity index (χ2n) is 4.27. The van der Waals surface area contributed by atoms with Gasteiger partial charge in [0.15, 0.2) is 5.84 Å². The molecule has 0 aromatic heterocycles. The average Bonchev–Trinajstić information content (AvgIpc) is 2.46. The van der Waals surface area contributed by atoms with Crippen LogP contribution in [0.2, 0.25) is 0 Å². The summed E-state index contributed by atoms with van der Waals surface area (Å²) in [5.41, 5.74) is 10.9. The molecule has 1 aliphatic rings. The third-order valence-corrected chi connectivity index (χ3v) is 3.51. The number of carbonyl (C=O) groups is 2. The van der Waals surface area contributed by atoms with Gasteiger partial charge in [-0.05, 0) is 25.6 Å². The van der Waals surface area contributed by atoms with Gasteiger partial charge >= 0.3 is 6.03 Å². The lowest BCUT2D eigenvalue weighted by Gasteiger charge is -2.30. The number of primary amides is 1. The molecule has 0 radical (unpaired) electrons. The Morgan fingerprint density at radius 1 is 1.41 bits per heavy atom. The summed E-state index contributed by atoms with van der Waals surface area (Å²) in [6.45, 7) is 8.18. The molecule has 0 aromatic carbocycles. The van der Waals surface area contributed by atoms with Gasteiger partial charge in [0.2, 0.25) is 5.12 Å². The monoisotopic (exact) mass is 329 g/mol. The lowest BCUT2D eigenvalue weighted by atomic mass is 10.4. The lowest BCUT2D eigenvalue weighted by molar-refractivity contribution is -0.110. The van der Waals surface area contributed by atoms with Crippen LogP contribution in [-0.2, 0) is 4.79 Å². The van der Waals surface area contributed by atoms with E-state index in [9.17, 15) is 9.59 Å². The number of hydrazine groups is 2. The van der Waals surface area contributed by atoms with E-state index in [4.69, 9.17) is 5.73 Å². The summed E-state index contributed by atoms with van der Waals surface area (Å²) in [4.78, 5) is 24.5. The number of amides is 2. The van der Waals surface area contributed by atoms with E-state index in [1.54, 1.807) is 6.08 Å². The van der Waals surface area contributed by atoms with Crippen molar-refractivity contribution in [1.29, 1.82) is 0 Å². The van der Waals surface area contributed by atoms with E-state index in [0.717, 1.165) is 30.7 Å². The first kappa shape index (κ1) is 18.1. The highest BCUT2D eigenvalue weighted by atomic mass is 32.2. The molecule has 1 rings (SSSR count). The van der Waals surface area contributed by atoms with Crippen LogP contribution >= 0.6 is 11.8 Å². The Balaban J connectivity index is 2.77. The number of urea groups is 1. The number of nitrogens with one attached hydrogen (secondary N) is 3. The van der Waals surface area contributed by atoms with E-state index in [1.165, 1.54) is 5.23 Å². The molecule has 0 saturated heterocycles. The highest BCUT2D eigenvalue weighted by Crippen LogP contribution is 2.17. The molecular weight excluding hydrogens is 306 g/mol. The fourth-order valence-electron chi connectivity index (χ4n) is 1.71. The van der Waals surface area contributed by atoms with Gasteiger partial charge < -0.3 is 16.0 Å². The number of rotatable bonds is 7. The smallest absolute Gasteiger partial charge is 0.312 e. The van der Waals surface area contributed by atoms with Crippen molar-refractivity contribution in [1.82, 2.24) is 26.3 Å². The van der Waals surface area contributed by atoms with E-state index in [1.807, 2.05) is 20.8 Å². The van der Waals surface area contributed by atoms with Crippen molar-refractivity contribution in [2.45, 2.75) is 20.8 Å². The van der Waals surface area contributed by atoms with E-state index >= 15 is 0 Å². The summed E-state index contributed by atoms with van der Waals surface area (Å²) in [7, 11) is 0. The summed E-state index contributed by atoms with van der Waals surface area (Å²) in [6, 6.07) is -0.723. The first-order valence-corrected chi connectivity index (χ1v) is 7.91. The van der Waals surface area contributed by atoms with E-state index in [2.05, 4.69) is 26.2 Å². The highest BCUT2D eigenvalue weighted by molar-refractivity contribution is 8.17. The minimum Gasteiger partial charge on any atom is -0.356 e. The number of hydrazone groups is 1. The molecule has 0 aromatic rings. The van der Waals surface area contributed by atoms with Gasteiger partial charge in [-0.2, -0.15) is 5.43 Å². The van der Waals surface area contributed by atoms with Gasteiger partial charge in [-0.15, -0.1) is 10.3 Å². The molecule has 0 aliphatic carbocycles. The van der Waals surface area contributed by atoms with Crippen molar-refractivity contribution in [2.75, 3.05) is 26.2 Å². The Hall–Kier alpha value is -1.94. The fraction of sp³-hybridized carbons (Fsp3) is 0.583. The van der Waals surface area contributed by atoms with E-state index < -0.39 is 6.03 Å². The quantitative estimate of drug-likeness (QED) is 0.509. The van der Waals surface area contributed by atoms with E-state index in [0.29, 0.717) is 11.6 Å². The van der Waals surface area contributed by atoms with Crippen molar-refractivity contribution in [2.24, 2.45) is 10.8 Å². The van der Waals surface area contributed by atoms with Crippen molar-refractivity contribution in [3.8, 4) is 0 Å². The van der Waals surface area contributed by atoms with Gasteiger partial charge in [-0.3, -0.25) is 10.2 Å². The van der Waals surface area contributed by atoms with Crippen molar-refractivity contribution < 1.29 is 9.59 Å². The molecule has 2 amide bonds. The summed E-state index contributed by atoms with van der Waals surface area (Å²) in [5, 5.41) is 8.55. The number of hydrogen-bond acceptors (Lipinski definition) is 8. The molecule has 1 heterocycles. The number of amidine groups is 1. The number of hydrogen-bond donors (Lipinski definition) is 4. The highest BCUT2D eigenvalue weighted by Gasteiger charge is 2.18. The second-order valence-corrected chi connectivity index (χ2v) is 5.37. The Morgan fingerprint density at radius 2 is 2.09 bits per heavy atom. The Labute approximate surface area is 134 Å². The van der Waals surface area contributed by atoms with Crippen LogP contribution in [0.3, 0.4) is 0 Å². The van der Waals surface area contributed by atoms with Crippen LogP contribution < -0.4 is 21.9 Å². The number of thioether (sulfide) groups is 1. The molecule has 1 aliphatic heterocycles. The molecule has 0 saturated carbocycles. The lowest BCUT2D eigenvalue weighted by Crippen LogP contribution is -2.48. The molecule has 22 heavy (non-hydrogen) atoms.